The summed E-state index contributed by atoms with van der Waals surface area (Å²) in [5.41, 5.74) is 4.45. The Morgan fingerprint density at radius 2 is 1.25 bits per heavy atom. The Bertz CT molecular complexity index is 657. The normalized spacial score (nSPS) is 17.9. The van der Waals surface area contributed by atoms with Crippen LogP contribution in [0.3, 0.4) is 0 Å². The van der Waals surface area contributed by atoms with Crippen molar-refractivity contribution in [3.63, 3.8) is 0 Å². The van der Waals surface area contributed by atoms with E-state index in [0.717, 1.165) is 37.9 Å². The molecular formula is C22H28OS. The lowest BCUT2D eigenvalue weighted by atomic mass is 9.80. The van der Waals surface area contributed by atoms with Gasteiger partial charge in [-0.25, -0.2) is 0 Å². The Hall–Kier alpha value is -1.25. The quantitative estimate of drug-likeness (QED) is 0.674. The van der Waals surface area contributed by atoms with Crippen molar-refractivity contribution in [2.75, 3.05) is 0 Å². The van der Waals surface area contributed by atoms with Crippen LogP contribution < -0.4 is 0 Å². The summed E-state index contributed by atoms with van der Waals surface area (Å²) in [6, 6.07) is 17.0. The lowest BCUT2D eigenvalue weighted by Crippen LogP contribution is -2.32. The molecule has 2 heteroatoms. The van der Waals surface area contributed by atoms with Gasteiger partial charge in [-0.1, -0.05) is 80.6 Å². The standard InChI is InChI=1S/C22H28OS/c23-22(14-8-2-1-3-9-15-22)16-18-10-4-6-12-20(18)21-13-7-5-11-19(21)17-24/h4-7,10-13,23-24H,1-3,8-9,14-17H2. The van der Waals surface area contributed by atoms with Crippen LogP contribution in [-0.2, 0) is 12.2 Å². The lowest BCUT2D eigenvalue weighted by Gasteiger charge is -2.31. The van der Waals surface area contributed by atoms with Crippen LogP contribution in [0, 0.1) is 0 Å². The molecule has 3 rings (SSSR count). The van der Waals surface area contributed by atoms with Gasteiger partial charge in [0.05, 0.1) is 5.60 Å². The monoisotopic (exact) mass is 340 g/mol. The van der Waals surface area contributed by atoms with Gasteiger partial charge >= 0.3 is 0 Å². The molecule has 2 aromatic carbocycles. The van der Waals surface area contributed by atoms with E-state index in [1.165, 1.54) is 41.5 Å². The van der Waals surface area contributed by atoms with Crippen molar-refractivity contribution in [2.45, 2.75) is 62.7 Å². The van der Waals surface area contributed by atoms with Gasteiger partial charge in [-0.15, -0.1) is 0 Å². The van der Waals surface area contributed by atoms with E-state index in [1.54, 1.807) is 0 Å². The molecule has 24 heavy (non-hydrogen) atoms. The fourth-order valence-corrected chi connectivity index (χ4v) is 4.23. The molecule has 1 aliphatic carbocycles. The van der Waals surface area contributed by atoms with Gasteiger partial charge in [0, 0.05) is 12.2 Å². The number of hydrogen-bond donors (Lipinski definition) is 2. The summed E-state index contributed by atoms with van der Waals surface area (Å²) in [5, 5.41) is 11.2. The Balaban J connectivity index is 1.91. The van der Waals surface area contributed by atoms with E-state index in [9.17, 15) is 5.11 Å². The molecule has 0 radical (unpaired) electrons. The molecule has 1 fully saturated rings. The fraction of sp³-hybridized carbons (Fsp3) is 0.455. The number of thiol groups is 1. The zero-order chi connectivity index (χ0) is 16.8. The smallest absolute Gasteiger partial charge is 0.0688 e. The van der Waals surface area contributed by atoms with Crippen molar-refractivity contribution in [2.24, 2.45) is 0 Å². The first-order valence-electron chi connectivity index (χ1n) is 9.21. The molecular weight excluding hydrogens is 312 g/mol. The summed E-state index contributed by atoms with van der Waals surface area (Å²) in [6.45, 7) is 0. The third-order valence-electron chi connectivity index (χ3n) is 5.30. The average molecular weight is 341 g/mol. The number of benzene rings is 2. The van der Waals surface area contributed by atoms with E-state index in [4.69, 9.17) is 0 Å². The highest BCUT2D eigenvalue weighted by atomic mass is 32.1. The van der Waals surface area contributed by atoms with Crippen LogP contribution in [0.1, 0.15) is 56.1 Å². The van der Waals surface area contributed by atoms with Gasteiger partial charge in [-0.2, -0.15) is 12.6 Å². The third kappa shape index (κ3) is 4.23. The number of aliphatic hydroxyl groups is 1. The van der Waals surface area contributed by atoms with Gasteiger partial charge < -0.3 is 5.11 Å². The van der Waals surface area contributed by atoms with Gasteiger partial charge in [-0.05, 0) is 35.1 Å². The first-order valence-corrected chi connectivity index (χ1v) is 9.84. The van der Waals surface area contributed by atoms with Crippen LogP contribution in [0.5, 0.6) is 0 Å². The summed E-state index contributed by atoms with van der Waals surface area (Å²) in [5.74, 6) is 0.731. The molecule has 0 bridgehead atoms. The number of hydrogen-bond acceptors (Lipinski definition) is 2. The van der Waals surface area contributed by atoms with Crippen LogP contribution in [0.15, 0.2) is 48.5 Å². The Labute approximate surface area is 151 Å². The van der Waals surface area contributed by atoms with Crippen LogP contribution in [0.25, 0.3) is 11.1 Å². The summed E-state index contributed by atoms with van der Waals surface area (Å²) >= 11 is 4.49. The maximum atomic E-state index is 11.2. The molecule has 0 unspecified atom stereocenters. The van der Waals surface area contributed by atoms with Gasteiger partial charge in [0.25, 0.3) is 0 Å². The Morgan fingerprint density at radius 3 is 1.88 bits per heavy atom. The molecule has 0 atom stereocenters. The maximum absolute atomic E-state index is 11.2. The minimum absolute atomic E-state index is 0.549. The van der Waals surface area contributed by atoms with E-state index in [-0.39, 0.29) is 0 Å². The Kier molecular flexibility index (Phi) is 6.02. The van der Waals surface area contributed by atoms with Gasteiger partial charge in [0.1, 0.15) is 0 Å². The molecule has 1 N–H and O–H groups in total. The van der Waals surface area contributed by atoms with Crippen LogP contribution in [0.2, 0.25) is 0 Å². The summed E-state index contributed by atoms with van der Waals surface area (Å²) in [6.07, 6.45) is 8.73. The van der Waals surface area contributed by atoms with E-state index in [0.29, 0.717) is 0 Å². The van der Waals surface area contributed by atoms with Crippen LogP contribution in [0.4, 0.5) is 0 Å². The van der Waals surface area contributed by atoms with E-state index in [2.05, 4.69) is 61.2 Å². The van der Waals surface area contributed by atoms with Gasteiger partial charge in [-0.3, -0.25) is 0 Å². The molecule has 0 spiro atoms. The predicted octanol–water partition coefficient (Wildman–Crippen LogP) is 5.80. The lowest BCUT2D eigenvalue weighted by molar-refractivity contribution is 0.0145. The van der Waals surface area contributed by atoms with E-state index < -0.39 is 5.60 Å². The second-order valence-corrected chi connectivity index (χ2v) is 7.46. The molecule has 0 heterocycles. The molecule has 0 saturated heterocycles. The maximum Gasteiger partial charge on any atom is 0.0688 e. The summed E-state index contributed by atoms with van der Waals surface area (Å²) < 4.78 is 0. The first-order chi connectivity index (χ1) is 11.7. The minimum Gasteiger partial charge on any atom is -0.390 e. The van der Waals surface area contributed by atoms with Crippen molar-refractivity contribution in [1.29, 1.82) is 0 Å². The van der Waals surface area contributed by atoms with Gasteiger partial charge in [0.15, 0.2) is 0 Å². The molecule has 0 amide bonds. The summed E-state index contributed by atoms with van der Waals surface area (Å²) in [4.78, 5) is 0. The Morgan fingerprint density at radius 1 is 0.750 bits per heavy atom. The van der Waals surface area contributed by atoms with Crippen molar-refractivity contribution < 1.29 is 5.11 Å². The van der Waals surface area contributed by atoms with E-state index >= 15 is 0 Å². The van der Waals surface area contributed by atoms with Crippen molar-refractivity contribution >= 4 is 12.6 Å². The zero-order valence-corrected chi connectivity index (χ0v) is 15.3. The molecule has 128 valence electrons. The largest absolute Gasteiger partial charge is 0.390 e. The molecule has 0 aromatic heterocycles. The molecule has 1 saturated carbocycles. The predicted molar refractivity (Wildman–Crippen MR) is 106 cm³/mol. The highest BCUT2D eigenvalue weighted by molar-refractivity contribution is 7.79. The second kappa shape index (κ2) is 8.22. The van der Waals surface area contributed by atoms with Crippen LogP contribution >= 0.6 is 12.6 Å². The molecule has 1 nitrogen and oxygen atoms in total. The molecule has 1 aliphatic rings. The molecule has 2 aromatic rings. The SMILES string of the molecule is OC1(Cc2ccccc2-c2ccccc2CS)CCCCCCC1. The highest BCUT2D eigenvalue weighted by Gasteiger charge is 2.28. The zero-order valence-electron chi connectivity index (χ0n) is 14.4. The van der Waals surface area contributed by atoms with Crippen molar-refractivity contribution in [3.8, 4) is 11.1 Å². The minimum atomic E-state index is -0.549. The number of rotatable bonds is 4. The average Bonchev–Trinajstić information content (AvgIpc) is 2.59. The van der Waals surface area contributed by atoms with Crippen LogP contribution in [-0.4, -0.2) is 10.7 Å². The van der Waals surface area contributed by atoms with Crippen molar-refractivity contribution in [1.82, 2.24) is 0 Å². The van der Waals surface area contributed by atoms with E-state index in [1.807, 2.05) is 0 Å². The molecule has 0 aliphatic heterocycles. The van der Waals surface area contributed by atoms with Crippen molar-refractivity contribution in [3.05, 3.63) is 59.7 Å². The second-order valence-electron chi connectivity index (χ2n) is 7.14. The third-order valence-corrected chi connectivity index (χ3v) is 5.64. The van der Waals surface area contributed by atoms with Gasteiger partial charge in [0.2, 0.25) is 0 Å². The topological polar surface area (TPSA) is 20.2 Å². The first kappa shape index (κ1) is 17.6. The summed E-state index contributed by atoms with van der Waals surface area (Å²) in [7, 11) is 0. The fourth-order valence-electron chi connectivity index (χ4n) is 3.95. The highest BCUT2D eigenvalue weighted by Crippen LogP contribution is 2.34.